The van der Waals surface area contributed by atoms with Crippen molar-refractivity contribution in [2.24, 2.45) is 0 Å². The number of ether oxygens (including phenoxy) is 2. The van der Waals surface area contributed by atoms with Crippen LogP contribution in [0.1, 0.15) is 18.1 Å². The smallest absolute Gasteiger partial charge is 0.270 e. The van der Waals surface area contributed by atoms with Crippen LogP contribution < -0.4 is 19.7 Å². The molecule has 4 aromatic rings. The van der Waals surface area contributed by atoms with Gasteiger partial charge in [0.2, 0.25) is 0 Å². The van der Waals surface area contributed by atoms with Crippen LogP contribution in [0.3, 0.4) is 0 Å². The first-order valence-electron chi connectivity index (χ1n) is 12.4. The van der Waals surface area contributed by atoms with Crippen molar-refractivity contribution in [2.75, 3.05) is 23.4 Å². The molecule has 8 heteroatoms. The van der Waals surface area contributed by atoms with Crippen molar-refractivity contribution >= 4 is 68.3 Å². The van der Waals surface area contributed by atoms with Gasteiger partial charge in [0.25, 0.3) is 11.8 Å². The van der Waals surface area contributed by atoms with E-state index in [0.29, 0.717) is 33.0 Å². The zero-order valence-electron chi connectivity index (χ0n) is 21.5. The average Bonchev–Trinajstić information content (AvgIpc) is 3.21. The molecule has 1 fully saturated rings. The first kappa shape index (κ1) is 26.5. The largest absolute Gasteiger partial charge is 0.490 e. The second kappa shape index (κ2) is 11.7. The summed E-state index contributed by atoms with van der Waals surface area (Å²) in [5, 5.41) is 4.82. The number of nitrogens with zero attached hydrogens (tertiary/aromatic N) is 1. The number of carbonyl (C=O) groups excluding carboxylic acids is 2. The fourth-order valence-corrected chi connectivity index (χ4v) is 5.49. The number of thiocarbonyl (C=S) groups is 1. The molecule has 0 spiro atoms. The Labute approximate surface area is 236 Å². The zero-order valence-corrected chi connectivity index (χ0v) is 23.1. The molecule has 0 saturated carbocycles. The fourth-order valence-electron chi connectivity index (χ4n) is 4.21. The van der Waals surface area contributed by atoms with Gasteiger partial charge in [0.05, 0.1) is 17.2 Å². The number of thioether (sulfide) groups is 1. The Balaban J connectivity index is 1.33. The van der Waals surface area contributed by atoms with E-state index in [1.54, 1.807) is 23.1 Å². The molecule has 1 heterocycles. The molecule has 6 nitrogen and oxygen atoms in total. The van der Waals surface area contributed by atoms with Gasteiger partial charge in [-0.1, -0.05) is 84.1 Å². The summed E-state index contributed by atoms with van der Waals surface area (Å²) in [6.07, 6.45) is 1.79. The van der Waals surface area contributed by atoms with Gasteiger partial charge in [-0.2, -0.15) is 0 Å². The minimum atomic E-state index is -0.275. The summed E-state index contributed by atoms with van der Waals surface area (Å²) in [5.41, 5.74) is 3.34. The lowest BCUT2D eigenvalue weighted by atomic mass is 10.1. The van der Waals surface area contributed by atoms with Gasteiger partial charge in [0.15, 0.2) is 22.4 Å². The van der Waals surface area contributed by atoms with Crippen LogP contribution in [0.4, 0.5) is 11.4 Å². The number of anilines is 2. The number of aryl methyl sites for hydroxylation is 1. The standard InChI is InChI=1S/C31H26N2O4S2/c1-3-36-27-17-21(13-16-26(27)37-19-29(34)32-23-14-11-20(2)12-15-23)18-28-30(35)33(31(38)39-28)25-10-6-8-22-7-4-5-9-24(22)25/h4-18H,3,19H2,1-2H3,(H,32,34)/b28-18+. The highest BCUT2D eigenvalue weighted by atomic mass is 32.2. The van der Waals surface area contributed by atoms with E-state index < -0.39 is 0 Å². The summed E-state index contributed by atoms with van der Waals surface area (Å²) < 4.78 is 12.0. The van der Waals surface area contributed by atoms with Crippen molar-refractivity contribution in [2.45, 2.75) is 13.8 Å². The van der Waals surface area contributed by atoms with E-state index in [-0.39, 0.29) is 18.4 Å². The van der Waals surface area contributed by atoms with Crippen molar-refractivity contribution in [1.29, 1.82) is 0 Å². The summed E-state index contributed by atoms with van der Waals surface area (Å²) in [5.74, 6) is 0.477. The van der Waals surface area contributed by atoms with Gasteiger partial charge in [0.1, 0.15) is 0 Å². The Morgan fingerprint density at radius 1 is 0.974 bits per heavy atom. The summed E-state index contributed by atoms with van der Waals surface area (Å²) >= 11 is 6.86. The first-order chi connectivity index (χ1) is 18.9. The van der Waals surface area contributed by atoms with Gasteiger partial charge in [-0.25, -0.2) is 0 Å². The van der Waals surface area contributed by atoms with Crippen molar-refractivity contribution in [1.82, 2.24) is 0 Å². The number of hydrogen-bond acceptors (Lipinski definition) is 6. The Morgan fingerprint density at radius 3 is 2.54 bits per heavy atom. The van der Waals surface area contributed by atoms with Crippen molar-refractivity contribution in [3.8, 4) is 11.5 Å². The highest BCUT2D eigenvalue weighted by Gasteiger charge is 2.34. The maximum Gasteiger partial charge on any atom is 0.270 e. The van der Waals surface area contributed by atoms with Gasteiger partial charge >= 0.3 is 0 Å². The number of fused-ring (bicyclic) bond motifs is 1. The van der Waals surface area contributed by atoms with E-state index >= 15 is 0 Å². The summed E-state index contributed by atoms with van der Waals surface area (Å²) in [6, 6.07) is 26.7. The number of benzene rings is 4. The molecule has 0 bridgehead atoms. The average molecular weight is 555 g/mol. The normalized spacial score (nSPS) is 14.2. The molecule has 1 aliphatic rings. The van der Waals surface area contributed by atoms with Crippen LogP contribution in [-0.2, 0) is 9.59 Å². The molecule has 0 aromatic heterocycles. The Bertz CT molecular complexity index is 1590. The van der Waals surface area contributed by atoms with E-state index in [1.807, 2.05) is 86.6 Å². The van der Waals surface area contributed by atoms with E-state index in [0.717, 1.165) is 27.6 Å². The van der Waals surface area contributed by atoms with Gasteiger partial charge < -0.3 is 14.8 Å². The molecule has 0 aliphatic carbocycles. The molecular formula is C31H26N2O4S2. The Morgan fingerprint density at radius 2 is 1.74 bits per heavy atom. The molecule has 2 amide bonds. The molecule has 0 radical (unpaired) electrons. The number of amides is 2. The molecule has 0 unspecified atom stereocenters. The lowest BCUT2D eigenvalue weighted by Crippen LogP contribution is -2.27. The topological polar surface area (TPSA) is 67.9 Å². The molecule has 4 aromatic carbocycles. The lowest BCUT2D eigenvalue weighted by Gasteiger charge is -2.17. The van der Waals surface area contributed by atoms with E-state index in [1.165, 1.54) is 11.8 Å². The minimum absolute atomic E-state index is 0.170. The highest BCUT2D eigenvalue weighted by molar-refractivity contribution is 8.27. The molecule has 1 N–H and O–H groups in total. The van der Waals surface area contributed by atoms with Crippen molar-refractivity contribution in [3.05, 3.63) is 101 Å². The van der Waals surface area contributed by atoms with Crippen LogP contribution in [0.15, 0.2) is 89.8 Å². The number of hydrogen-bond donors (Lipinski definition) is 1. The predicted molar refractivity (Wildman–Crippen MR) is 163 cm³/mol. The highest BCUT2D eigenvalue weighted by Crippen LogP contribution is 2.39. The Kier molecular flexibility index (Phi) is 7.95. The van der Waals surface area contributed by atoms with Gasteiger partial charge in [-0.05, 0) is 61.2 Å². The predicted octanol–water partition coefficient (Wildman–Crippen LogP) is 6.97. The molecule has 5 rings (SSSR count). The van der Waals surface area contributed by atoms with Crippen molar-refractivity contribution < 1.29 is 19.1 Å². The number of nitrogens with one attached hydrogen (secondary N) is 1. The summed E-state index contributed by atoms with van der Waals surface area (Å²) in [4.78, 5) is 27.9. The summed E-state index contributed by atoms with van der Waals surface area (Å²) in [7, 11) is 0. The van der Waals surface area contributed by atoms with Gasteiger partial charge in [-0.3, -0.25) is 14.5 Å². The molecule has 39 heavy (non-hydrogen) atoms. The number of rotatable bonds is 8. The molecular weight excluding hydrogens is 528 g/mol. The van der Waals surface area contributed by atoms with Crippen LogP contribution in [0.2, 0.25) is 0 Å². The van der Waals surface area contributed by atoms with Crippen molar-refractivity contribution in [3.63, 3.8) is 0 Å². The third-order valence-electron chi connectivity index (χ3n) is 6.06. The minimum Gasteiger partial charge on any atom is -0.490 e. The van der Waals surface area contributed by atoms with Crippen LogP contribution >= 0.6 is 24.0 Å². The maximum absolute atomic E-state index is 13.4. The lowest BCUT2D eigenvalue weighted by molar-refractivity contribution is -0.118. The second-order valence-electron chi connectivity index (χ2n) is 8.86. The van der Waals surface area contributed by atoms with Gasteiger partial charge in [-0.15, -0.1) is 0 Å². The Hall–Kier alpha value is -4.14. The third-order valence-corrected chi connectivity index (χ3v) is 7.36. The van der Waals surface area contributed by atoms with Crippen LogP contribution in [0, 0.1) is 6.92 Å². The van der Waals surface area contributed by atoms with Gasteiger partial charge in [0, 0.05) is 11.1 Å². The monoisotopic (exact) mass is 554 g/mol. The SMILES string of the molecule is CCOc1cc(/C=C2/SC(=S)N(c3cccc4ccccc34)C2=O)ccc1OCC(=O)Nc1ccc(C)cc1. The van der Waals surface area contributed by atoms with Crippen LogP contribution in [0.5, 0.6) is 11.5 Å². The van der Waals surface area contributed by atoms with E-state index in [9.17, 15) is 9.59 Å². The van der Waals surface area contributed by atoms with Crippen LogP contribution in [0.25, 0.3) is 16.8 Å². The maximum atomic E-state index is 13.4. The molecule has 0 atom stereocenters. The fraction of sp³-hybridized carbons (Fsp3) is 0.129. The van der Waals surface area contributed by atoms with E-state index in [4.69, 9.17) is 21.7 Å². The first-order valence-corrected chi connectivity index (χ1v) is 13.7. The van der Waals surface area contributed by atoms with E-state index in [2.05, 4.69) is 5.32 Å². The third kappa shape index (κ3) is 5.97. The molecule has 1 aliphatic heterocycles. The quantitative estimate of drug-likeness (QED) is 0.187. The van der Waals surface area contributed by atoms with Crippen LogP contribution in [-0.4, -0.2) is 29.3 Å². The number of carbonyl (C=O) groups is 2. The summed E-state index contributed by atoms with van der Waals surface area (Å²) in [6.45, 7) is 4.10. The second-order valence-corrected chi connectivity index (χ2v) is 10.5. The molecule has 1 saturated heterocycles. The zero-order chi connectivity index (χ0) is 27.4. The molecule has 196 valence electrons.